The van der Waals surface area contributed by atoms with Crippen LogP contribution < -0.4 is 11.3 Å². The molecule has 0 amide bonds. The highest BCUT2D eigenvalue weighted by Crippen LogP contribution is 2.27. The lowest BCUT2D eigenvalue weighted by atomic mass is 10.3. The van der Waals surface area contributed by atoms with Crippen molar-refractivity contribution < 1.29 is 0 Å². The molecule has 0 aliphatic carbocycles. The van der Waals surface area contributed by atoms with Gasteiger partial charge >= 0.3 is 0 Å². The Kier molecular flexibility index (Phi) is 3.11. The summed E-state index contributed by atoms with van der Waals surface area (Å²) in [5, 5.41) is 0.976. The van der Waals surface area contributed by atoms with Crippen molar-refractivity contribution >= 4 is 28.6 Å². The zero-order chi connectivity index (χ0) is 14.1. The van der Waals surface area contributed by atoms with Crippen LogP contribution in [0.2, 0.25) is 0 Å². The minimum Gasteiger partial charge on any atom is -0.381 e. The molecule has 1 aromatic carbocycles. The van der Waals surface area contributed by atoms with Gasteiger partial charge in [-0.15, -0.1) is 0 Å². The zero-order valence-corrected chi connectivity index (χ0v) is 11.4. The normalized spacial score (nSPS) is 10.8. The summed E-state index contributed by atoms with van der Waals surface area (Å²) < 4.78 is 0. The molecule has 0 aliphatic heterocycles. The molecule has 0 radical (unpaired) electrons. The Bertz CT molecular complexity index is 846. The molecular weight excluding hydrogens is 274 g/mol. The summed E-state index contributed by atoms with van der Waals surface area (Å²) in [4.78, 5) is 27.0. The number of H-pyrrole nitrogens is 1. The number of hydrogen-bond acceptors (Lipinski definition) is 6. The number of aromatic nitrogens is 4. The average Bonchev–Trinajstić information content (AvgIpc) is 2.38. The maximum atomic E-state index is 11.4. The van der Waals surface area contributed by atoms with E-state index in [1.807, 2.05) is 24.3 Å². The number of aryl methyl sites for hydroxylation is 1. The van der Waals surface area contributed by atoms with Crippen LogP contribution in [0.3, 0.4) is 0 Å². The molecule has 0 saturated carbocycles. The number of nitrogens with zero attached hydrogens (tertiary/aromatic N) is 3. The topological polar surface area (TPSA) is 97.5 Å². The van der Waals surface area contributed by atoms with Gasteiger partial charge in [0.05, 0.1) is 11.0 Å². The molecule has 0 atom stereocenters. The van der Waals surface area contributed by atoms with Crippen molar-refractivity contribution in [3.8, 4) is 0 Å². The quantitative estimate of drug-likeness (QED) is 0.696. The maximum absolute atomic E-state index is 11.4. The number of para-hydroxylation sites is 2. The Morgan fingerprint density at radius 3 is 2.55 bits per heavy atom. The summed E-state index contributed by atoms with van der Waals surface area (Å²) >= 11 is 1.19. The number of anilines is 1. The average molecular weight is 285 g/mol. The molecule has 0 aliphatic rings. The van der Waals surface area contributed by atoms with Crippen LogP contribution in [0.25, 0.3) is 11.0 Å². The molecule has 100 valence electrons. The van der Waals surface area contributed by atoms with Gasteiger partial charge in [-0.1, -0.05) is 12.1 Å². The third kappa shape index (κ3) is 2.48. The van der Waals surface area contributed by atoms with Gasteiger partial charge in [-0.05, 0) is 30.8 Å². The van der Waals surface area contributed by atoms with Crippen molar-refractivity contribution in [2.45, 2.75) is 17.1 Å². The fourth-order valence-electron chi connectivity index (χ4n) is 1.76. The summed E-state index contributed by atoms with van der Waals surface area (Å²) in [7, 11) is 0. The molecule has 3 rings (SSSR count). The molecule has 2 aromatic heterocycles. The van der Waals surface area contributed by atoms with Crippen molar-refractivity contribution in [1.29, 1.82) is 0 Å². The summed E-state index contributed by atoms with van der Waals surface area (Å²) in [6, 6.07) is 8.90. The lowest BCUT2D eigenvalue weighted by Gasteiger charge is -2.05. The number of hydrogen-bond donors (Lipinski definition) is 2. The SMILES string of the molecule is Cc1cc(=O)[nH]c(Sc2nc3ccccc3nc2N)n1. The van der Waals surface area contributed by atoms with Gasteiger partial charge in [0.15, 0.2) is 11.0 Å². The van der Waals surface area contributed by atoms with Crippen molar-refractivity contribution in [1.82, 2.24) is 19.9 Å². The fourth-order valence-corrected chi connectivity index (χ4v) is 2.58. The minimum atomic E-state index is -0.202. The van der Waals surface area contributed by atoms with Crippen LogP contribution >= 0.6 is 11.8 Å². The molecule has 0 saturated heterocycles. The van der Waals surface area contributed by atoms with E-state index in [2.05, 4.69) is 19.9 Å². The summed E-state index contributed by atoms with van der Waals surface area (Å²) in [5.74, 6) is 0.317. The predicted molar refractivity (Wildman–Crippen MR) is 77.7 cm³/mol. The number of rotatable bonds is 2. The standard InChI is InChI=1S/C13H11N5OS/c1-7-6-10(19)18-13(15-7)20-12-11(14)16-8-4-2-3-5-9(8)17-12/h2-6H,1H3,(H2,14,16)(H,15,18,19). The summed E-state index contributed by atoms with van der Waals surface area (Å²) in [5.41, 5.74) is 7.82. The first-order valence-electron chi connectivity index (χ1n) is 5.90. The summed E-state index contributed by atoms with van der Waals surface area (Å²) in [6.45, 7) is 1.76. The second kappa shape index (κ2) is 4.93. The monoisotopic (exact) mass is 285 g/mol. The predicted octanol–water partition coefficient (Wildman–Crippen LogP) is 1.75. The molecule has 3 aromatic rings. The van der Waals surface area contributed by atoms with E-state index in [4.69, 9.17) is 5.73 Å². The molecule has 2 heterocycles. The highest BCUT2D eigenvalue weighted by molar-refractivity contribution is 7.99. The van der Waals surface area contributed by atoms with Crippen molar-refractivity contribution in [3.05, 3.63) is 46.4 Å². The Morgan fingerprint density at radius 2 is 1.85 bits per heavy atom. The van der Waals surface area contributed by atoms with Crippen LogP contribution in [0, 0.1) is 6.92 Å². The Hall–Kier alpha value is -2.41. The van der Waals surface area contributed by atoms with Gasteiger partial charge in [0.1, 0.15) is 5.03 Å². The fraction of sp³-hybridized carbons (Fsp3) is 0.0769. The van der Waals surface area contributed by atoms with Crippen LogP contribution in [-0.2, 0) is 0 Å². The highest BCUT2D eigenvalue weighted by Gasteiger charge is 2.09. The summed E-state index contributed by atoms with van der Waals surface area (Å²) in [6.07, 6.45) is 0. The van der Waals surface area contributed by atoms with E-state index in [1.54, 1.807) is 6.92 Å². The second-order valence-corrected chi connectivity index (χ2v) is 5.17. The smallest absolute Gasteiger partial charge is 0.251 e. The molecule has 0 spiro atoms. The van der Waals surface area contributed by atoms with Gasteiger partial charge in [0.2, 0.25) is 0 Å². The van der Waals surface area contributed by atoms with Gasteiger partial charge in [-0.3, -0.25) is 4.79 Å². The molecule has 7 heteroatoms. The van der Waals surface area contributed by atoms with Gasteiger partial charge in [-0.25, -0.2) is 15.0 Å². The van der Waals surface area contributed by atoms with Crippen LogP contribution in [0.4, 0.5) is 5.82 Å². The van der Waals surface area contributed by atoms with E-state index >= 15 is 0 Å². The number of aromatic amines is 1. The van der Waals surface area contributed by atoms with Gasteiger partial charge in [0.25, 0.3) is 5.56 Å². The van der Waals surface area contributed by atoms with Crippen LogP contribution in [-0.4, -0.2) is 19.9 Å². The third-order valence-electron chi connectivity index (χ3n) is 2.61. The minimum absolute atomic E-state index is 0.202. The van der Waals surface area contributed by atoms with Crippen molar-refractivity contribution in [2.24, 2.45) is 0 Å². The molecular formula is C13H11N5OS. The molecule has 20 heavy (non-hydrogen) atoms. The van der Waals surface area contributed by atoms with Gasteiger partial charge in [0, 0.05) is 11.8 Å². The van der Waals surface area contributed by atoms with Gasteiger partial charge in [-0.2, -0.15) is 0 Å². The maximum Gasteiger partial charge on any atom is 0.251 e. The largest absolute Gasteiger partial charge is 0.381 e. The molecule has 6 nitrogen and oxygen atoms in total. The molecule has 0 unspecified atom stereocenters. The van der Waals surface area contributed by atoms with Crippen LogP contribution in [0.5, 0.6) is 0 Å². The van der Waals surface area contributed by atoms with Crippen LogP contribution in [0.15, 0.2) is 45.3 Å². The number of fused-ring (bicyclic) bond motifs is 1. The first-order chi connectivity index (χ1) is 9.61. The van der Waals surface area contributed by atoms with Gasteiger partial charge < -0.3 is 10.7 Å². The van der Waals surface area contributed by atoms with E-state index < -0.39 is 0 Å². The van der Waals surface area contributed by atoms with Crippen molar-refractivity contribution in [2.75, 3.05) is 5.73 Å². The third-order valence-corrected chi connectivity index (χ3v) is 3.49. The zero-order valence-electron chi connectivity index (χ0n) is 10.6. The molecule has 0 fully saturated rings. The first-order valence-corrected chi connectivity index (χ1v) is 6.71. The second-order valence-electron chi connectivity index (χ2n) is 4.20. The van der Waals surface area contributed by atoms with E-state index in [0.29, 0.717) is 21.7 Å². The molecule has 3 N–H and O–H groups in total. The van der Waals surface area contributed by atoms with E-state index in [-0.39, 0.29) is 5.56 Å². The lowest BCUT2D eigenvalue weighted by Crippen LogP contribution is -2.08. The number of nitrogens with one attached hydrogen (secondary N) is 1. The lowest BCUT2D eigenvalue weighted by molar-refractivity contribution is 0.902. The Labute approximate surface area is 118 Å². The van der Waals surface area contributed by atoms with Crippen LogP contribution in [0.1, 0.15) is 5.69 Å². The highest BCUT2D eigenvalue weighted by atomic mass is 32.2. The van der Waals surface area contributed by atoms with Crippen molar-refractivity contribution in [3.63, 3.8) is 0 Å². The Balaban J connectivity index is 2.05. The van der Waals surface area contributed by atoms with E-state index in [9.17, 15) is 4.79 Å². The number of nitrogen functional groups attached to an aromatic ring is 1. The Morgan fingerprint density at radius 1 is 1.15 bits per heavy atom. The number of nitrogens with two attached hydrogens (primary N) is 1. The van der Waals surface area contributed by atoms with E-state index in [0.717, 1.165) is 11.0 Å². The molecule has 0 bridgehead atoms. The van der Waals surface area contributed by atoms with E-state index in [1.165, 1.54) is 17.8 Å². The first kappa shape index (κ1) is 12.6. The number of benzene rings is 1.